The lowest BCUT2D eigenvalue weighted by molar-refractivity contribution is 0.0966. The second-order valence-corrected chi connectivity index (χ2v) is 8.54. The van der Waals surface area contributed by atoms with Crippen molar-refractivity contribution in [3.05, 3.63) is 75.9 Å². The molecule has 2 aliphatic carbocycles. The van der Waals surface area contributed by atoms with Crippen LogP contribution in [0.1, 0.15) is 51.9 Å². The molecule has 0 aromatic heterocycles. The summed E-state index contributed by atoms with van der Waals surface area (Å²) < 4.78 is 0. The first kappa shape index (κ1) is 17.0. The minimum absolute atomic E-state index is 0.0631. The number of carbonyl (C=O) groups excluding carboxylic acids is 1. The summed E-state index contributed by atoms with van der Waals surface area (Å²) >= 11 is 0. The van der Waals surface area contributed by atoms with E-state index in [1.807, 2.05) is 0 Å². The molecule has 0 bridgehead atoms. The highest BCUT2D eigenvalue weighted by Gasteiger charge is 2.45. The van der Waals surface area contributed by atoms with Gasteiger partial charge in [-0.05, 0) is 41.2 Å². The zero-order valence-electron chi connectivity index (χ0n) is 16.5. The van der Waals surface area contributed by atoms with Gasteiger partial charge >= 0.3 is 0 Å². The van der Waals surface area contributed by atoms with Gasteiger partial charge in [0.1, 0.15) is 0 Å². The lowest BCUT2D eigenvalue weighted by Gasteiger charge is -2.30. The third-order valence-electron chi connectivity index (χ3n) is 6.93. The number of aliphatic hydroxyl groups excluding tert-OH is 1. The Morgan fingerprint density at radius 3 is 2.93 bits per heavy atom. The number of benzene rings is 2. The number of hydrogen-bond donors (Lipinski definition) is 2. The number of rotatable bonds is 3. The van der Waals surface area contributed by atoms with Gasteiger partial charge in [0.25, 0.3) is 5.91 Å². The first-order valence-corrected chi connectivity index (χ1v) is 10.5. The molecule has 2 N–H and O–H groups in total. The highest BCUT2D eigenvalue weighted by Crippen LogP contribution is 2.55. The Morgan fingerprint density at radius 2 is 2.07 bits per heavy atom. The van der Waals surface area contributed by atoms with E-state index >= 15 is 0 Å². The van der Waals surface area contributed by atoms with Crippen LogP contribution in [0.15, 0.2) is 48.1 Å². The van der Waals surface area contributed by atoms with Crippen LogP contribution in [-0.4, -0.2) is 30.2 Å². The lowest BCUT2D eigenvalue weighted by Crippen LogP contribution is -2.34. The van der Waals surface area contributed by atoms with Crippen LogP contribution in [-0.2, 0) is 13.0 Å². The summed E-state index contributed by atoms with van der Waals surface area (Å²) in [6.07, 6.45) is 8.49. The number of carbonyl (C=O) groups is 1. The Bertz CT molecular complexity index is 1130. The maximum atomic E-state index is 12.9. The van der Waals surface area contributed by atoms with Crippen LogP contribution in [0.2, 0.25) is 0 Å². The average Bonchev–Trinajstić information content (AvgIpc) is 3.37. The van der Waals surface area contributed by atoms with Crippen LogP contribution < -0.4 is 10.2 Å². The molecule has 4 heteroatoms. The fourth-order valence-electron chi connectivity index (χ4n) is 5.83. The summed E-state index contributed by atoms with van der Waals surface area (Å²) in [6.45, 7) is 3.77. The first-order valence-electron chi connectivity index (χ1n) is 10.5. The van der Waals surface area contributed by atoms with Crippen molar-refractivity contribution in [2.75, 3.05) is 18.1 Å². The van der Waals surface area contributed by atoms with E-state index in [-0.39, 0.29) is 24.5 Å². The van der Waals surface area contributed by atoms with E-state index in [9.17, 15) is 9.90 Å². The molecule has 0 spiro atoms. The van der Waals surface area contributed by atoms with Gasteiger partial charge in [-0.1, -0.05) is 48.1 Å². The Kier molecular flexibility index (Phi) is 3.57. The SMILES string of the molecule is CC1=CC2c3c4c(c5c(c3N(CCCO)C2C=C1)Cc1ccccc1-5)C(=O)NC4. The van der Waals surface area contributed by atoms with Crippen molar-refractivity contribution in [2.45, 2.75) is 38.3 Å². The Balaban J connectivity index is 1.67. The Morgan fingerprint density at radius 1 is 1.21 bits per heavy atom. The van der Waals surface area contributed by atoms with E-state index < -0.39 is 0 Å². The molecule has 4 aliphatic rings. The van der Waals surface area contributed by atoms with Gasteiger partial charge in [-0.3, -0.25) is 4.79 Å². The Hall–Kier alpha value is -2.85. The molecule has 4 nitrogen and oxygen atoms in total. The van der Waals surface area contributed by atoms with Crippen LogP contribution >= 0.6 is 0 Å². The van der Waals surface area contributed by atoms with E-state index in [1.165, 1.54) is 39.1 Å². The van der Waals surface area contributed by atoms with Crippen LogP contribution in [0.5, 0.6) is 0 Å². The van der Waals surface area contributed by atoms with E-state index in [0.29, 0.717) is 6.54 Å². The number of anilines is 1. The predicted octanol–water partition coefficient (Wildman–Crippen LogP) is 3.67. The molecule has 0 saturated heterocycles. The van der Waals surface area contributed by atoms with Gasteiger partial charge in [0.15, 0.2) is 0 Å². The molecule has 2 unspecified atom stereocenters. The van der Waals surface area contributed by atoms with Crippen LogP contribution in [0.4, 0.5) is 5.69 Å². The molecule has 0 fully saturated rings. The van der Waals surface area contributed by atoms with Crippen molar-refractivity contribution in [1.29, 1.82) is 0 Å². The molecule has 2 aromatic rings. The predicted molar refractivity (Wildman–Crippen MR) is 114 cm³/mol. The molecule has 1 amide bonds. The number of hydrogen-bond acceptors (Lipinski definition) is 3. The maximum Gasteiger partial charge on any atom is 0.252 e. The minimum atomic E-state index is 0.0631. The van der Waals surface area contributed by atoms with Crippen molar-refractivity contribution in [3.8, 4) is 11.1 Å². The van der Waals surface area contributed by atoms with E-state index in [2.05, 4.69) is 59.6 Å². The molecule has 2 atom stereocenters. The molecule has 146 valence electrons. The third kappa shape index (κ3) is 2.21. The smallest absolute Gasteiger partial charge is 0.252 e. The van der Waals surface area contributed by atoms with Crippen LogP contribution in [0.3, 0.4) is 0 Å². The number of nitrogens with zero attached hydrogens (tertiary/aromatic N) is 1. The minimum Gasteiger partial charge on any atom is -0.396 e. The fourth-order valence-corrected chi connectivity index (χ4v) is 5.83. The summed E-state index contributed by atoms with van der Waals surface area (Å²) in [5, 5.41) is 12.6. The van der Waals surface area contributed by atoms with Gasteiger partial charge in [-0.2, -0.15) is 0 Å². The van der Waals surface area contributed by atoms with E-state index in [0.717, 1.165) is 30.5 Å². The first-order chi connectivity index (χ1) is 14.2. The normalized spacial score (nSPS) is 22.6. The topological polar surface area (TPSA) is 52.6 Å². The number of allylic oxidation sites excluding steroid dienone is 2. The van der Waals surface area contributed by atoms with E-state index in [4.69, 9.17) is 0 Å². The van der Waals surface area contributed by atoms with Crippen LogP contribution in [0, 0.1) is 0 Å². The number of amides is 1. The summed E-state index contributed by atoms with van der Waals surface area (Å²) in [5.41, 5.74) is 10.9. The molecule has 0 saturated carbocycles. The zero-order chi connectivity index (χ0) is 19.7. The van der Waals surface area contributed by atoms with Gasteiger partial charge in [0.2, 0.25) is 0 Å². The fraction of sp³-hybridized carbons (Fsp3) is 0.320. The lowest BCUT2D eigenvalue weighted by atomic mass is 9.83. The second kappa shape index (κ2) is 6.07. The summed E-state index contributed by atoms with van der Waals surface area (Å²) in [4.78, 5) is 15.4. The molecule has 6 rings (SSSR count). The van der Waals surface area contributed by atoms with Crippen molar-refractivity contribution >= 4 is 11.6 Å². The monoisotopic (exact) mass is 384 g/mol. The van der Waals surface area contributed by atoms with Gasteiger partial charge in [0.05, 0.1) is 11.6 Å². The molecular weight excluding hydrogens is 360 g/mol. The highest BCUT2D eigenvalue weighted by atomic mass is 16.3. The molecule has 2 aliphatic heterocycles. The number of aliphatic hydroxyl groups is 1. The third-order valence-corrected chi connectivity index (χ3v) is 6.93. The van der Waals surface area contributed by atoms with Gasteiger partial charge in [-0.15, -0.1) is 0 Å². The van der Waals surface area contributed by atoms with Gasteiger partial charge in [-0.25, -0.2) is 0 Å². The summed E-state index contributed by atoms with van der Waals surface area (Å²) in [6, 6.07) is 8.76. The average molecular weight is 384 g/mol. The maximum absolute atomic E-state index is 12.9. The molecule has 0 radical (unpaired) electrons. The number of fused-ring (bicyclic) bond motifs is 10. The number of nitrogens with one attached hydrogen (secondary N) is 1. The van der Waals surface area contributed by atoms with Crippen molar-refractivity contribution in [1.82, 2.24) is 5.32 Å². The molecule has 29 heavy (non-hydrogen) atoms. The largest absolute Gasteiger partial charge is 0.396 e. The molecule has 2 aromatic carbocycles. The molecule has 2 heterocycles. The Labute approximate surface area is 170 Å². The second-order valence-electron chi connectivity index (χ2n) is 8.54. The molecular formula is C25H24N2O2. The summed E-state index contributed by atoms with van der Waals surface area (Å²) in [5.74, 6) is 0.331. The van der Waals surface area contributed by atoms with Gasteiger partial charge in [0, 0.05) is 43.3 Å². The van der Waals surface area contributed by atoms with Crippen LogP contribution in [0.25, 0.3) is 11.1 Å². The van der Waals surface area contributed by atoms with E-state index in [1.54, 1.807) is 0 Å². The summed E-state index contributed by atoms with van der Waals surface area (Å²) in [7, 11) is 0. The zero-order valence-corrected chi connectivity index (χ0v) is 16.5. The quantitative estimate of drug-likeness (QED) is 0.724. The van der Waals surface area contributed by atoms with Gasteiger partial charge < -0.3 is 15.3 Å². The standard InChI is InChI=1S/C25H24N2O2/c1-14-7-8-20-17(11-14)22-19-13-26-25(29)23(19)21-16-6-3-2-5-15(16)12-18(21)24(22)27(20)9-4-10-28/h2-3,5-8,11,17,20,28H,4,9-10,12-13H2,1H3,(H,26,29). The van der Waals surface area contributed by atoms with Crippen molar-refractivity contribution < 1.29 is 9.90 Å². The van der Waals surface area contributed by atoms with Crippen molar-refractivity contribution in [2.24, 2.45) is 0 Å². The highest BCUT2D eigenvalue weighted by molar-refractivity contribution is 6.09. The van der Waals surface area contributed by atoms with Crippen molar-refractivity contribution in [3.63, 3.8) is 0 Å².